The Morgan fingerprint density at radius 2 is 1.91 bits per heavy atom. The quantitative estimate of drug-likeness (QED) is 0.874. The molecular weight excluding hydrogens is 283 g/mol. The van der Waals surface area contributed by atoms with E-state index < -0.39 is 17.7 Å². The minimum Gasteiger partial charge on any atom is -0.493 e. The van der Waals surface area contributed by atoms with Crippen molar-refractivity contribution < 1.29 is 19.0 Å². The van der Waals surface area contributed by atoms with E-state index in [0.717, 1.165) is 16.9 Å². The monoisotopic (exact) mass is 302 g/mol. The molecule has 2 aromatic rings. The van der Waals surface area contributed by atoms with Crippen molar-refractivity contribution in [2.24, 2.45) is 0 Å². The first-order valence-electron chi connectivity index (χ1n) is 7.17. The Hall–Kier alpha value is -2.36. The molecule has 3 nitrogen and oxygen atoms in total. The summed E-state index contributed by atoms with van der Waals surface area (Å²) in [5, 5.41) is 9.32. The first-order chi connectivity index (χ1) is 10.5. The summed E-state index contributed by atoms with van der Waals surface area (Å²) in [6, 6.07) is 11.7. The molecule has 0 radical (unpaired) electrons. The van der Waals surface area contributed by atoms with E-state index in [9.17, 15) is 14.3 Å². The highest BCUT2D eigenvalue weighted by atomic mass is 19.1. The number of ether oxygens (including phenoxy) is 1. The third-order valence-corrected chi connectivity index (χ3v) is 3.80. The topological polar surface area (TPSA) is 46.5 Å². The number of aryl methyl sites for hydroxylation is 1. The molecule has 1 unspecified atom stereocenters. The Bertz CT molecular complexity index is 667. The molecule has 22 heavy (non-hydrogen) atoms. The number of halogens is 1. The third-order valence-electron chi connectivity index (χ3n) is 3.80. The van der Waals surface area contributed by atoms with Crippen molar-refractivity contribution in [1.29, 1.82) is 0 Å². The number of hydrogen-bond donors (Lipinski definition) is 1. The number of carboxylic acid groups (broad SMARTS) is 1. The van der Waals surface area contributed by atoms with Crippen LogP contribution < -0.4 is 4.74 Å². The number of benzene rings is 2. The molecular formula is C18H19FO3. The predicted molar refractivity (Wildman–Crippen MR) is 82.8 cm³/mol. The van der Waals surface area contributed by atoms with Crippen molar-refractivity contribution in [2.45, 2.75) is 26.2 Å². The van der Waals surface area contributed by atoms with Crippen LogP contribution in [0.25, 0.3) is 0 Å². The first kappa shape index (κ1) is 16.0. The van der Waals surface area contributed by atoms with Crippen LogP contribution in [0, 0.1) is 19.7 Å². The van der Waals surface area contributed by atoms with Crippen molar-refractivity contribution >= 4 is 5.97 Å². The summed E-state index contributed by atoms with van der Waals surface area (Å²) in [6.45, 7) is 4.16. The molecule has 2 rings (SSSR count). The lowest BCUT2D eigenvalue weighted by Crippen LogP contribution is -2.16. The maximum absolute atomic E-state index is 13.8. The van der Waals surface area contributed by atoms with Crippen LogP contribution in [0.5, 0.6) is 5.75 Å². The summed E-state index contributed by atoms with van der Waals surface area (Å²) < 4.78 is 19.4. The molecule has 0 bridgehead atoms. The Morgan fingerprint density at radius 1 is 1.18 bits per heavy atom. The highest BCUT2D eigenvalue weighted by Crippen LogP contribution is 2.25. The van der Waals surface area contributed by atoms with Gasteiger partial charge in [0.25, 0.3) is 0 Å². The highest BCUT2D eigenvalue weighted by molar-refractivity contribution is 5.76. The summed E-state index contributed by atoms with van der Waals surface area (Å²) in [5.41, 5.74) is 2.33. The zero-order valence-corrected chi connectivity index (χ0v) is 12.7. The summed E-state index contributed by atoms with van der Waals surface area (Å²) in [6.07, 6.45) is 0.212. The van der Waals surface area contributed by atoms with Crippen LogP contribution in [-0.2, 0) is 4.79 Å². The molecule has 2 aromatic carbocycles. The van der Waals surface area contributed by atoms with Gasteiger partial charge in [-0.05, 0) is 43.5 Å². The fourth-order valence-electron chi connectivity index (χ4n) is 2.34. The second-order valence-corrected chi connectivity index (χ2v) is 5.25. The Kier molecular flexibility index (Phi) is 5.15. The highest BCUT2D eigenvalue weighted by Gasteiger charge is 2.22. The van der Waals surface area contributed by atoms with Crippen LogP contribution >= 0.6 is 0 Å². The summed E-state index contributed by atoms with van der Waals surface area (Å²) in [5.74, 6) is -1.72. The molecule has 0 fully saturated rings. The van der Waals surface area contributed by atoms with E-state index in [1.54, 1.807) is 12.1 Å². The maximum Gasteiger partial charge on any atom is 0.311 e. The van der Waals surface area contributed by atoms with Crippen LogP contribution in [0.4, 0.5) is 4.39 Å². The van der Waals surface area contributed by atoms with Crippen LogP contribution in [0.1, 0.15) is 29.0 Å². The molecule has 1 N–H and O–H groups in total. The Labute approximate surface area is 129 Å². The fraction of sp³-hybridized carbons (Fsp3) is 0.278. The standard InChI is InChI=1S/C18H19FO3/c1-12-6-5-9-17(13(12)2)22-11-10-15(18(20)21)14-7-3-4-8-16(14)19/h3-9,15H,10-11H2,1-2H3,(H,20,21). The average molecular weight is 302 g/mol. The normalized spacial score (nSPS) is 12.0. The lowest BCUT2D eigenvalue weighted by Gasteiger charge is -2.15. The lowest BCUT2D eigenvalue weighted by molar-refractivity contribution is -0.139. The average Bonchev–Trinajstić information content (AvgIpc) is 2.48. The molecule has 0 aliphatic carbocycles. The zero-order chi connectivity index (χ0) is 16.1. The smallest absolute Gasteiger partial charge is 0.311 e. The zero-order valence-electron chi connectivity index (χ0n) is 12.7. The van der Waals surface area contributed by atoms with Crippen LogP contribution in [0.3, 0.4) is 0 Å². The van der Waals surface area contributed by atoms with Gasteiger partial charge in [-0.15, -0.1) is 0 Å². The molecule has 0 heterocycles. The van der Waals surface area contributed by atoms with E-state index in [1.165, 1.54) is 12.1 Å². The van der Waals surface area contributed by atoms with Gasteiger partial charge in [0.05, 0.1) is 12.5 Å². The van der Waals surface area contributed by atoms with Crippen molar-refractivity contribution in [3.8, 4) is 5.75 Å². The van der Waals surface area contributed by atoms with E-state index in [2.05, 4.69) is 0 Å². The summed E-state index contributed by atoms with van der Waals surface area (Å²) in [7, 11) is 0. The van der Waals surface area contributed by atoms with Crippen LogP contribution in [-0.4, -0.2) is 17.7 Å². The summed E-state index contributed by atoms with van der Waals surface area (Å²) in [4.78, 5) is 11.4. The van der Waals surface area contributed by atoms with Gasteiger partial charge in [0.15, 0.2) is 0 Å². The second-order valence-electron chi connectivity index (χ2n) is 5.25. The van der Waals surface area contributed by atoms with Gasteiger partial charge < -0.3 is 9.84 Å². The van der Waals surface area contributed by atoms with Gasteiger partial charge >= 0.3 is 5.97 Å². The van der Waals surface area contributed by atoms with Crippen LogP contribution in [0.15, 0.2) is 42.5 Å². The fourth-order valence-corrected chi connectivity index (χ4v) is 2.34. The molecule has 0 saturated carbocycles. The number of hydrogen-bond acceptors (Lipinski definition) is 2. The lowest BCUT2D eigenvalue weighted by atomic mass is 9.96. The second kappa shape index (κ2) is 7.07. The number of aliphatic carboxylic acids is 1. The minimum atomic E-state index is -1.05. The van der Waals surface area contributed by atoms with Crippen molar-refractivity contribution in [3.63, 3.8) is 0 Å². The van der Waals surface area contributed by atoms with Gasteiger partial charge in [0, 0.05) is 5.56 Å². The third kappa shape index (κ3) is 3.64. The van der Waals surface area contributed by atoms with Gasteiger partial charge in [-0.25, -0.2) is 4.39 Å². The van der Waals surface area contributed by atoms with Crippen LogP contribution in [0.2, 0.25) is 0 Å². The molecule has 1 atom stereocenters. The summed E-state index contributed by atoms with van der Waals surface area (Å²) >= 11 is 0. The van der Waals surface area contributed by atoms with Crippen molar-refractivity contribution in [1.82, 2.24) is 0 Å². The van der Waals surface area contributed by atoms with Gasteiger partial charge in [0.1, 0.15) is 11.6 Å². The van der Waals surface area contributed by atoms with Gasteiger partial charge in [-0.2, -0.15) is 0 Å². The molecule has 4 heteroatoms. The molecule has 116 valence electrons. The molecule has 0 spiro atoms. The van der Waals surface area contributed by atoms with Gasteiger partial charge in [-0.1, -0.05) is 30.3 Å². The van der Waals surface area contributed by atoms with E-state index >= 15 is 0 Å². The number of carboxylic acids is 1. The van der Waals surface area contributed by atoms with Gasteiger partial charge in [-0.3, -0.25) is 4.79 Å². The van der Waals surface area contributed by atoms with E-state index in [4.69, 9.17) is 4.74 Å². The molecule has 0 amide bonds. The van der Waals surface area contributed by atoms with E-state index in [1.807, 2.05) is 32.0 Å². The minimum absolute atomic E-state index is 0.194. The van der Waals surface area contributed by atoms with Crippen molar-refractivity contribution in [3.05, 3.63) is 65.0 Å². The Balaban J connectivity index is 2.06. The largest absolute Gasteiger partial charge is 0.493 e. The van der Waals surface area contributed by atoms with E-state index in [0.29, 0.717) is 0 Å². The maximum atomic E-state index is 13.8. The van der Waals surface area contributed by atoms with Gasteiger partial charge in [0.2, 0.25) is 0 Å². The first-order valence-corrected chi connectivity index (χ1v) is 7.17. The molecule has 0 aliphatic heterocycles. The SMILES string of the molecule is Cc1cccc(OCCC(C(=O)O)c2ccccc2F)c1C. The van der Waals surface area contributed by atoms with E-state index in [-0.39, 0.29) is 18.6 Å². The number of carbonyl (C=O) groups is 1. The number of rotatable bonds is 6. The molecule has 0 aromatic heterocycles. The molecule has 0 aliphatic rings. The van der Waals surface area contributed by atoms with Crippen molar-refractivity contribution in [2.75, 3.05) is 6.61 Å². The Morgan fingerprint density at radius 3 is 2.59 bits per heavy atom. The predicted octanol–water partition coefficient (Wildman–Crippen LogP) is 4.08. The molecule has 0 saturated heterocycles.